The molecule has 146 valence electrons. The first-order valence-corrected chi connectivity index (χ1v) is 10.2. The largest absolute Gasteiger partial charge is 0.457 e. The normalized spacial score (nSPS) is 10.8. The zero-order valence-corrected chi connectivity index (χ0v) is 16.5. The maximum absolute atomic E-state index is 13.1. The van der Waals surface area contributed by atoms with Crippen molar-refractivity contribution in [3.05, 3.63) is 95.6 Å². The zero-order chi connectivity index (χ0) is 20.9. The molecule has 6 nitrogen and oxygen atoms in total. The minimum Gasteiger partial charge on any atom is -0.457 e. The van der Waals surface area contributed by atoms with E-state index in [2.05, 4.69) is 0 Å². The third-order valence-electron chi connectivity index (χ3n) is 4.32. The number of nitriles is 1. The number of rotatable bonds is 6. The van der Waals surface area contributed by atoms with Gasteiger partial charge in [-0.1, -0.05) is 42.5 Å². The molecule has 0 amide bonds. The number of benzene rings is 3. The summed E-state index contributed by atoms with van der Waals surface area (Å²) < 4.78 is 32.6. The molecule has 0 aliphatic rings. The SMILES string of the molecule is CN(c1ccccc1)S(=O)(=O)c1ccccc1C(=O)OCc1ccc(C#N)cc1. The Bertz CT molecular complexity index is 1150. The molecule has 3 aromatic carbocycles. The molecule has 0 unspecified atom stereocenters. The first kappa shape index (κ1) is 20.1. The fourth-order valence-electron chi connectivity index (χ4n) is 2.69. The molecular weight excluding hydrogens is 388 g/mol. The van der Waals surface area contributed by atoms with Crippen molar-refractivity contribution in [3.63, 3.8) is 0 Å². The van der Waals surface area contributed by atoms with E-state index in [0.717, 1.165) is 4.31 Å². The lowest BCUT2D eigenvalue weighted by atomic mass is 10.1. The zero-order valence-electron chi connectivity index (χ0n) is 15.6. The minimum absolute atomic E-state index is 0.0343. The van der Waals surface area contributed by atoms with Crippen molar-refractivity contribution in [1.29, 1.82) is 5.26 Å². The lowest BCUT2D eigenvalue weighted by Gasteiger charge is -2.20. The molecule has 0 aromatic heterocycles. The summed E-state index contributed by atoms with van der Waals surface area (Å²) in [5.41, 5.74) is 1.64. The Balaban J connectivity index is 1.84. The Morgan fingerprint density at radius 1 is 0.966 bits per heavy atom. The molecule has 0 fully saturated rings. The van der Waals surface area contributed by atoms with E-state index in [0.29, 0.717) is 16.8 Å². The summed E-state index contributed by atoms with van der Waals surface area (Å²) in [6.07, 6.45) is 0. The Kier molecular flexibility index (Phi) is 5.96. The van der Waals surface area contributed by atoms with Gasteiger partial charge < -0.3 is 4.74 Å². The van der Waals surface area contributed by atoms with Gasteiger partial charge in [-0.25, -0.2) is 13.2 Å². The maximum Gasteiger partial charge on any atom is 0.339 e. The monoisotopic (exact) mass is 406 g/mol. The summed E-state index contributed by atoms with van der Waals surface area (Å²) in [6, 6.07) is 23.2. The van der Waals surface area contributed by atoms with Crippen LogP contribution in [0.5, 0.6) is 0 Å². The predicted octanol–water partition coefficient (Wildman–Crippen LogP) is 3.74. The first-order chi connectivity index (χ1) is 13.9. The number of carbonyl (C=O) groups is 1. The van der Waals surface area contributed by atoms with E-state index in [1.54, 1.807) is 66.7 Å². The highest BCUT2D eigenvalue weighted by Crippen LogP contribution is 2.25. The lowest BCUT2D eigenvalue weighted by Crippen LogP contribution is -2.28. The van der Waals surface area contributed by atoms with Crippen LogP contribution in [-0.4, -0.2) is 21.4 Å². The van der Waals surface area contributed by atoms with Crippen LogP contribution in [0.2, 0.25) is 0 Å². The second-order valence-corrected chi connectivity index (χ2v) is 8.13. The fourth-order valence-corrected chi connectivity index (χ4v) is 4.06. The van der Waals surface area contributed by atoms with Crippen LogP contribution in [0.4, 0.5) is 5.69 Å². The lowest BCUT2D eigenvalue weighted by molar-refractivity contribution is 0.0468. The summed E-state index contributed by atoms with van der Waals surface area (Å²) in [6.45, 7) is -0.0343. The molecule has 0 aliphatic carbocycles. The van der Waals surface area contributed by atoms with Crippen LogP contribution < -0.4 is 4.31 Å². The van der Waals surface area contributed by atoms with Crippen molar-refractivity contribution in [1.82, 2.24) is 0 Å². The molecular formula is C22H18N2O4S. The number of anilines is 1. The standard InChI is InChI=1S/C22H18N2O4S/c1-24(19-7-3-2-4-8-19)29(26,27)21-10-6-5-9-20(21)22(25)28-16-18-13-11-17(15-23)12-14-18/h2-14H,16H2,1H3. The van der Waals surface area contributed by atoms with Crippen molar-refractivity contribution >= 4 is 21.7 Å². The van der Waals surface area contributed by atoms with Crippen molar-refractivity contribution < 1.29 is 17.9 Å². The number of esters is 1. The predicted molar refractivity (Wildman–Crippen MR) is 109 cm³/mol. The van der Waals surface area contributed by atoms with Gasteiger partial charge in [0.1, 0.15) is 11.5 Å². The number of nitrogens with zero attached hydrogens (tertiary/aromatic N) is 2. The Morgan fingerprint density at radius 3 is 2.24 bits per heavy atom. The molecule has 0 atom stereocenters. The molecule has 0 heterocycles. The van der Waals surface area contributed by atoms with E-state index in [1.165, 1.54) is 19.2 Å². The number of para-hydroxylation sites is 1. The highest BCUT2D eigenvalue weighted by molar-refractivity contribution is 7.92. The van der Waals surface area contributed by atoms with Gasteiger partial charge in [0.25, 0.3) is 10.0 Å². The summed E-state index contributed by atoms with van der Waals surface area (Å²) in [5.74, 6) is -0.741. The second-order valence-electron chi connectivity index (χ2n) is 6.19. The van der Waals surface area contributed by atoms with Gasteiger partial charge in [-0.15, -0.1) is 0 Å². The average molecular weight is 406 g/mol. The molecule has 3 rings (SSSR count). The van der Waals surface area contributed by atoms with Gasteiger partial charge in [0.05, 0.1) is 22.9 Å². The quantitative estimate of drug-likeness (QED) is 0.582. The van der Waals surface area contributed by atoms with Crippen molar-refractivity contribution in [3.8, 4) is 6.07 Å². The summed E-state index contributed by atoms with van der Waals surface area (Å²) >= 11 is 0. The van der Waals surface area contributed by atoms with E-state index in [1.807, 2.05) is 6.07 Å². The van der Waals surface area contributed by atoms with Crippen molar-refractivity contribution in [2.24, 2.45) is 0 Å². The molecule has 0 N–H and O–H groups in total. The van der Waals surface area contributed by atoms with Gasteiger partial charge >= 0.3 is 5.97 Å². The van der Waals surface area contributed by atoms with Crippen molar-refractivity contribution in [2.45, 2.75) is 11.5 Å². The van der Waals surface area contributed by atoms with Crippen LogP contribution in [0.3, 0.4) is 0 Å². The maximum atomic E-state index is 13.1. The van der Waals surface area contributed by atoms with Gasteiger partial charge in [0.2, 0.25) is 0 Å². The smallest absolute Gasteiger partial charge is 0.339 e. The average Bonchev–Trinajstić information content (AvgIpc) is 2.77. The fraction of sp³-hybridized carbons (Fsp3) is 0.0909. The van der Waals surface area contributed by atoms with E-state index >= 15 is 0 Å². The molecule has 0 saturated heterocycles. The number of hydrogen-bond donors (Lipinski definition) is 0. The molecule has 0 spiro atoms. The molecule has 0 aliphatic heterocycles. The van der Waals surface area contributed by atoms with Crippen LogP contribution in [0, 0.1) is 11.3 Å². The molecule has 3 aromatic rings. The number of ether oxygens (including phenoxy) is 1. The number of hydrogen-bond acceptors (Lipinski definition) is 5. The summed E-state index contributed by atoms with van der Waals surface area (Å²) in [7, 11) is -2.53. The molecule has 29 heavy (non-hydrogen) atoms. The van der Waals surface area contributed by atoms with Gasteiger partial charge in [-0.3, -0.25) is 4.31 Å². The topological polar surface area (TPSA) is 87.5 Å². The third-order valence-corrected chi connectivity index (χ3v) is 6.16. The van der Waals surface area contributed by atoms with E-state index < -0.39 is 16.0 Å². The van der Waals surface area contributed by atoms with E-state index in [9.17, 15) is 13.2 Å². The molecule has 0 bridgehead atoms. The van der Waals surface area contributed by atoms with Crippen molar-refractivity contribution in [2.75, 3.05) is 11.4 Å². The van der Waals surface area contributed by atoms with Crippen LogP contribution in [0.15, 0.2) is 83.8 Å². The highest BCUT2D eigenvalue weighted by atomic mass is 32.2. The highest BCUT2D eigenvalue weighted by Gasteiger charge is 2.27. The Hall–Kier alpha value is -3.63. The number of carbonyl (C=O) groups excluding carboxylic acids is 1. The first-order valence-electron chi connectivity index (χ1n) is 8.72. The van der Waals surface area contributed by atoms with E-state index in [4.69, 9.17) is 10.00 Å². The molecule has 0 radical (unpaired) electrons. The number of sulfonamides is 1. The second kappa shape index (κ2) is 8.59. The van der Waals surface area contributed by atoms with Gasteiger partial charge in [-0.2, -0.15) is 5.26 Å². The van der Waals surface area contributed by atoms with Gasteiger partial charge in [0, 0.05) is 7.05 Å². The van der Waals surface area contributed by atoms with Gasteiger partial charge in [-0.05, 0) is 42.0 Å². The van der Waals surface area contributed by atoms with E-state index in [-0.39, 0.29) is 17.1 Å². The Labute approximate surface area is 169 Å². The summed E-state index contributed by atoms with van der Waals surface area (Å²) in [4.78, 5) is 12.5. The molecule has 0 saturated carbocycles. The van der Waals surface area contributed by atoms with Crippen LogP contribution >= 0.6 is 0 Å². The Morgan fingerprint density at radius 2 is 1.59 bits per heavy atom. The minimum atomic E-state index is -3.96. The third kappa shape index (κ3) is 4.45. The van der Waals surface area contributed by atoms with Crippen LogP contribution in [0.25, 0.3) is 0 Å². The summed E-state index contributed by atoms with van der Waals surface area (Å²) in [5, 5.41) is 8.83. The van der Waals surface area contributed by atoms with Crippen LogP contribution in [-0.2, 0) is 21.4 Å². The molecule has 7 heteroatoms. The van der Waals surface area contributed by atoms with Gasteiger partial charge in [0.15, 0.2) is 0 Å². The van der Waals surface area contributed by atoms with Crippen LogP contribution in [0.1, 0.15) is 21.5 Å².